The molecule has 1 heterocycles. The van der Waals surface area contributed by atoms with Crippen molar-refractivity contribution in [3.8, 4) is 11.8 Å². The highest BCUT2D eigenvalue weighted by molar-refractivity contribution is 7.15. The van der Waals surface area contributed by atoms with Crippen LogP contribution in [-0.2, 0) is 25.5 Å². The van der Waals surface area contributed by atoms with Crippen LogP contribution in [0.3, 0.4) is 0 Å². The third-order valence-corrected chi connectivity index (χ3v) is 4.89. The number of para-hydroxylation sites is 1. The summed E-state index contributed by atoms with van der Waals surface area (Å²) in [5.41, 5.74) is 1.42. The summed E-state index contributed by atoms with van der Waals surface area (Å²) >= 11 is 1.22. The molecule has 0 aliphatic heterocycles. The fourth-order valence-corrected chi connectivity index (χ4v) is 3.65. The lowest BCUT2D eigenvalue weighted by molar-refractivity contribution is -0.149. The summed E-state index contributed by atoms with van der Waals surface area (Å²) in [6.07, 6.45) is 0.664. The highest BCUT2D eigenvalue weighted by Crippen LogP contribution is 2.31. The lowest BCUT2D eigenvalue weighted by Gasteiger charge is -2.10. The van der Waals surface area contributed by atoms with E-state index < -0.39 is 31.1 Å². The Balaban J connectivity index is 1.93. The molecule has 0 saturated heterocycles. The predicted molar refractivity (Wildman–Crippen MR) is 115 cm³/mol. The Labute approximate surface area is 184 Å². The zero-order chi connectivity index (χ0) is 22.8. The number of amides is 1. The first-order valence-corrected chi connectivity index (χ1v) is 10.6. The lowest BCUT2D eigenvalue weighted by Crippen LogP contribution is -2.24. The van der Waals surface area contributed by atoms with Crippen molar-refractivity contribution in [2.75, 3.05) is 25.1 Å². The fraction of sp³-hybridized carbons (Fsp3) is 0.364. The molecule has 0 unspecified atom stereocenters. The predicted octanol–water partition coefficient (Wildman–Crippen LogP) is 3.56. The quantitative estimate of drug-likeness (QED) is 0.557. The number of anilines is 1. The van der Waals surface area contributed by atoms with Crippen LogP contribution in [0.5, 0.6) is 5.75 Å². The molecule has 0 bridgehead atoms. The minimum atomic E-state index is -0.764. The molecule has 164 valence electrons. The van der Waals surface area contributed by atoms with E-state index in [4.69, 9.17) is 19.5 Å². The van der Waals surface area contributed by atoms with Gasteiger partial charge in [-0.25, -0.2) is 9.59 Å². The Kier molecular flexibility index (Phi) is 9.03. The van der Waals surface area contributed by atoms with Crippen molar-refractivity contribution >= 4 is 34.2 Å². The molecule has 1 N–H and O–H groups in total. The molecule has 8 nitrogen and oxygen atoms in total. The maximum atomic E-state index is 12.4. The van der Waals surface area contributed by atoms with Crippen LogP contribution in [0.4, 0.5) is 5.00 Å². The standard InChI is InChI=1S/C22H24N2O6S/c1-4-28-22(27)20-16(9-14(2)3)13-31-21(20)24-18(25)11-30-19(26)12-29-17-8-6-5-7-15(17)10-23/h5-8,13-14H,4,9,11-12H2,1-3H3,(H,24,25). The van der Waals surface area contributed by atoms with E-state index in [0.29, 0.717) is 22.9 Å². The molecule has 0 aliphatic carbocycles. The number of nitrogens with one attached hydrogen (secondary N) is 1. The fourth-order valence-electron chi connectivity index (χ4n) is 2.67. The number of nitrogens with zero attached hydrogens (tertiary/aromatic N) is 1. The van der Waals surface area contributed by atoms with Crippen molar-refractivity contribution in [3.63, 3.8) is 0 Å². The number of esters is 2. The summed E-state index contributed by atoms with van der Waals surface area (Å²) in [4.78, 5) is 36.5. The number of ether oxygens (including phenoxy) is 3. The minimum Gasteiger partial charge on any atom is -0.481 e. The van der Waals surface area contributed by atoms with Gasteiger partial charge < -0.3 is 19.5 Å². The molecule has 9 heteroatoms. The topological polar surface area (TPSA) is 115 Å². The van der Waals surface area contributed by atoms with Crippen molar-refractivity contribution in [1.29, 1.82) is 5.26 Å². The monoisotopic (exact) mass is 444 g/mol. The number of carbonyl (C=O) groups is 3. The molecule has 1 aromatic carbocycles. The van der Waals surface area contributed by atoms with E-state index in [1.165, 1.54) is 11.3 Å². The zero-order valence-electron chi connectivity index (χ0n) is 17.6. The molecule has 0 aliphatic rings. The second kappa shape index (κ2) is 11.7. The van der Waals surface area contributed by atoms with E-state index >= 15 is 0 Å². The van der Waals surface area contributed by atoms with Crippen molar-refractivity contribution in [1.82, 2.24) is 0 Å². The molecular formula is C22H24N2O6S. The number of hydrogen-bond acceptors (Lipinski definition) is 8. The van der Waals surface area contributed by atoms with Crippen molar-refractivity contribution in [2.24, 2.45) is 5.92 Å². The molecule has 2 aromatic rings. The molecule has 1 amide bonds. The van der Waals surface area contributed by atoms with Crippen LogP contribution in [0.2, 0.25) is 0 Å². The van der Waals surface area contributed by atoms with Gasteiger partial charge in [0.05, 0.1) is 17.7 Å². The molecule has 0 fully saturated rings. The third-order valence-electron chi connectivity index (χ3n) is 3.95. The summed E-state index contributed by atoms with van der Waals surface area (Å²) in [6, 6.07) is 8.42. The lowest BCUT2D eigenvalue weighted by atomic mass is 10.0. The number of thiophene rings is 1. The Hall–Kier alpha value is -3.38. The number of carbonyl (C=O) groups excluding carboxylic acids is 3. The maximum Gasteiger partial charge on any atom is 0.344 e. The second-order valence-electron chi connectivity index (χ2n) is 6.89. The Morgan fingerprint density at radius 2 is 1.90 bits per heavy atom. The molecule has 1 aromatic heterocycles. The van der Waals surface area contributed by atoms with E-state index in [2.05, 4.69) is 5.32 Å². The summed E-state index contributed by atoms with van der Waals surface area (Å²) in [6.45, 7) is 5.00. The van der Waals surface area contributed by atoms with Gasteiger partial charge in [-0.15, -0.1) is 11.3 Å². The van der Waals surface area contributed by atoms with Gasteiger partial charge in [0.25, 0.3) is 5.91 Å². The third kappa shape index (κ3) is 7.12. The number of nitriles is 1. The maximum absolute atomic E-state index is 12.4. The number of rotatable bonds is 10. The van der Waals surface area contributed by atoms with E-state index in [1.807, 2.05) is 25.3 Å². The van der Waals surface area contributed by atoms with Gasteiger partial charge in [0.15, 0.2) is 13.2 Å². The zero-order valence-corrected chi connectivity index (χ0v) is 18.4. The van der Waals surface area contributed by atoms with Gasteiger partial charge in [-0.1, -0.05) is 26.0 Å². The van der Waals surface area contributed by atoms with E-state index in [0.717, 1.165) is 5.56 Å². The van der Waals surface area contributed by atoms with Crippen LogP contribution in [0.25, 0.3) is 0 Å². The van der Waals surface area contributed by atoms with Crippen LogP contribution < -0.4 is 10.1 Å². The van der Waals surface area contributed by atoms with E-state index in [9.17, 15) is 14.4 Å². The van der Waals surface area contributed by atoms with Crippen LogP contribution in [0.1, 0.15) is 42.3 Å². The molecule has 0 atom stereocenters. The van der Waals surface area contributed by atoms with Gasteiger partial charge in [0.1, 0.15) is 16.8 Å². The first-order valence-electron chi connectivity index (χ1n) is 9.70. The Bertz CT molecular complexity index is 977. The largest absolute Gasteiger partial charge is 0.481 e. The van der Waals surface area contributed by atoms with Crippen molar-refractivity contribution in [3.05, 3.63) is 46.3 Å². The summed E-state index contributed by atoms with van der Waals surface area (Å²) in [5, 5.41) is 13.8. The smallest absolute Gasteiger partial charge is 0.344 e. The van der Waals surface area contributed by atoms with Crippen molar-refractivity contribution < 1.29 is 28.6 Å². The summed E-state index contributed by atoms with van der Waals surface area (Å²) in [7, 11) is 0. The SMILES string of the molecule is CCOC(=O)c1c(CC(C)C)csc1NC(=O)COC(=O)COc1ccccc1C#N. The van der Waals surface area contributed by atoms with Gasteiger partial charge >= 0.3 is 11.9 Å². The van der Waals surface area contributed by atoms with Crippen LogP contribution in [0.15, 0.2) is 29.6 Å². The van der Waals surface area contributed by atoms with Gasteiger partial charge in [-0.2, -0.15) is 5.26 Å². The first kappa shape index (κ1) is 23.9. The molecule has 0 radical (unpaired) electrons. The molecule has 31 heavy (non-hydrogen) atoms. The van der Waals surface area contributed by atoms with E-state index in [1.54, 1.807) is 31.2 Å². The molecule has 0 spiro atoms. The number of hydrogen-bond donors (Lipinski definition) is 1. The summed E-state index contributed by atoms with van der Waals surface area (Å²) < 4.78 is 15.3. The van der Waals surface area contributed by atoms with Gasteiger partial charge in [-0.05, 0) is 42.3 Å². The summed E-state index contributed by atoms with van der Waals surface area (Å²) in [5.74, 6) is -1.29. The van der Waals surface area contributed by atoms with Crippen LogP contribution in [-0.4, -0.2) is 37.7 Å². The van der Waals surface area contributed by atoms with Gasteiger partial charge in [-0.3, -0.25) is 4.79 Å². The highest BCUT2D eigenvalue weighted by atomic mass is 32.1. The normalized spacial score (nSPS) is 10.3. The Morgan fingerprint density at radius 3 is 2.58 bits per heavy atom. The van der Waals surface area contributed by atoms with Crippen LogP contribution >= 0.6 is 11.3 Å². The second-order valence-corrected chi connectivity index (χ2v) is 7.77. The number of benzene rings is 1. The average Bonchev–Trinajstić information content (AvgIpc) is 3.12. The van der Waals surface area contributed by atoms with Gasteiger partial charge in [0, 0.05) is 0 Å². The Morgan fingerprint density at radius 1 is 1.16 bits per heavy atom. The minimum absolute atomic E-state index is 0.218. The average molecular weight is 445 g/mol. The highest BCUT2D eigenvalue weighted by Gasteiger charge is 2.22. The molecule has 0 saturated carbocycles. The van der Waals surface area contributed by atoms with E-state index in [-0.39, 0.29) is 17.9 Å². The first-order chi connectivity index (χ1) is 14.8. The molecular weight excluding hydrogens is 420 g/mol. The van der Waals surface area contributed by atoms with Gasteiger partial charge in [0.2, 0.25) is 0 Å². The van der Waals surface area contributed by atoms with Crippen molar-refractivity contribution in [2.45, 2.75) is 27.2 Å². The van der Waals surface area contributed by atoms with Crippen LogP contribution in [0, 0.1) is 17.2 Å². The molecule has 2 rings (SSSR count).